The van der Waals surface area contributed by atoms with E-state index >= 15 is 0 Å². The zero-order valence-electron chi connectivity index (χ0n) is 16.3. The monoisotopic (exact) mass is 417 g/mol. The number of hydrogen-bond donors (Lipinski definition) is 2. The van der Waals surface area contributed by atoms with E-state index in [4.69, 9.17) is 11.6 Å². The Balaban J connectivity index is 1.40. The van der Waals surface area contributed by atoms with Crippen molar-refractivity contribution in [3.8, 4) is 5.69 Å². The molecule has 3 aromatic carbocycles. The predicted molar refractivity (Wildman–Crippen MR) is 121 cm³/mol. The van der Waals surface area contributed by atoms with Crippen molar-refractivity contribution in [1.82, 2.24) is 15.2 Å². The molecule has 0 fully saturated rings. The number of benzene rings is 3. The number of halogens is 1. The summed E-state index contributed by atoms with van der Waals surface area (Å²) in [5, 5.41) is 14.3. The van der Waals surface area contributed by atoms with Crippen molar-refractivity contribution in [3.05, 3.63) is 89.2 Å². The Labute approximate surface area is 179 Å². The van der Waals surface area contributed by atoms with Crippen molar-refractivity contribution in [3.63, 3.8) is 0 Å². The van der Waals surface area contributed by atoms with Gasteiger partial charge in [-0.15, -0.1) is 0 Å². The molecule has 0 bridgehead atoms. The average Bonchev–Trinajstić information content (AvgIpc) is 3.06. The van der Waals surface area contributed by atoms with Crippen molar-refractivity contribution in [2.45, 2.75) is 6.92 Å². The molecule has 0 saturated heterocycles. The van der Waals surface area contributed by atoms with Crippen molar-refractivity contribution < 1.29 is 4.79 Å². The Kier molecular flexibility index (Phi) is 5.77. The summed E-state index contributed by atoms with van der Waals surface area (Å²) in [6.45, 7) is 1.94. The van der Waals surface area contributed by atoms with Crippen molar-refractivity contribution in [2.75, 3.05) is 11.9 Å². The zero-order valence-corrected chi connectivity index (χ0v) is 17.1. The number of amides is 1. The van der Waals surface area contributed by atoms with Crippen LogP contribution in [0.15, 0.2) is 77.9 Å². The van der Waals surface area contributed by atoms with Crippen LogP contribution in [0.1, 0.15) is 11.3 Å². The normalized spacial score (nSPS) is 11.1. The SMILES string of the molecule is Cc1nn(-c2ccccc2)c(Cl)c1/C=N/NC(=O)CNc1cccc2ccccc12. The molecule has 0 spiro atoms. The lowest BCUT2D eigenvalue weighted by atomic mass is 10.1. The highest BCUT2D eigenvalue weighted by Gasteiger charge is 2.13. The first-order chi connectivity index (χ1) is 14.6. The number of aryl methyl sites for hydroxylation is 1. The minimum atomic E-state index is -0.261. The molecule has 4 aromatic rings. The van der Waals surface area contributed by atoms with Crippen LogP contribution in [0.2, 0.25) is 5.15 Å². The van der Waals surface area contributed by atoms with Gasteiger partial charge in [0.1, 0.15) is 5.15 Å². The molecule has 4 rings (SSSR count). The van der Waals surface area contributed by atoms with Crippen LogP contribution in [0, 0.1) is 6.92 Å². The van der Waals surface area contributed by atoms with Crippen molar-refractivity contribution in [1.29, 1.82) is 0 Å². The third-order valence-corrected chi connectivity index (χ3v) is 5.02. The van der Waals surface area contributed by atoms with E-state index < -0.39 is 0 Å². The minimum absolute atomic E-state index is 0.0986. The van der Waals surface area contributed by atoms with Crippen molar-refractivity contribution >= 4 is 40.2 Å². The average molecular weight is 418 g/mol. The van der Waals surface area contributed by atoms with Gasteiger partial charge in [0, 0.05) is 11.1 Å². The first kappa shape index (κ1) is 19.7. The van der Waals surface area contributed by atoms with E-state index in [1.54, 1.807) is 4.68 Å². The van der Waals surface area contributed by atoms with Crippen LogP contribution < -0.4 is 10.7 Å². The third-order valence-electron chi connectivity index (χ3n) is 4.66. The maximum absolute atomic E-state index is 12.2. The van der Waals surface area contributed by atoms with Gasteiger partial charge in [0.15, 0.2) is 0 Å². The number of fused-ring (bicyclic) bond motifs is 1. The van der Waals surface area contributed by atoms with Crippen LogP contribution in [0.25, 0.3) is 16.5 Å². The summed E-state index contributed by atoms with van der Waals surface area (Å²) in [5.41, 5.74) is 5.65. The molecule has 0 aliphatic carbocycles. The molecular formula is C23H20ClN5O. The number of nitrogens with one attached hydrogen (secondary N) is 2. The summed E-state index contributed by atoms with van der Waals surface area (Å²) in [5.74, 6) is -0.261. The molecule has 0 radical (unpaired) electrons. The van der Waals surface area contributed by atoms with Crippen LogP contribution in [-0.2, 0) is 4.79 Å². The Morgan fingerprint density at radius 3 is 2.63 bits per heavy atom. The molecule has 1 amide bonds. The van der Waals surface area contributed by atoms with Gasteiger partial charge in [0.05, 0.1) is 29.7 Å². The van der Waals surface area contributed by atoms with E-state index in [0.29, 0.717) is 10.7 Å². The summed E-state index contributed by atoms with van der Waals surface area (Å²) in [7, 11) is 0. The number of hydrogen-bond acceptors (Lipinski definition) is 4. The molecule has 6 nitrogen and oxygen atoms in total. The molecule has 1 heterocycles. The Morgan fingerprint density at radius 1 is 1.07 bits per heavy atom. The first-order valence-electron chi connectivity index (χ1n) is 9.47. The quantitative estimate of drug-likeness (QED) is 0.357. The molecule has 0 aliphatic heterocycles. The van der Waals surface area contributed by atoms with Gasteiger partial charge in [0.25, 0.3) is 5.91 Å². The molecule has 30 heavy (non-hydrogen) atoms. The summed E-state index contributed by atoms with van der Waals surface area (Å²) < 4.78 is 1.64. The Morgan fingerprint density at radius 2 is 1.80 bits per heavy atom. The molecule has 1 aromatic heterocycles. The zero-order chi connectivity index (χ0) is 20.9. The fourth-order valence-corrected chi connectivity index (χ4v) is 3.48. The Bertz CT molecular complexity index is 1210. The van der Waals surface area contributed by atoms with Gasteiger partial charge in [-0.25, -0.2) is 10.1 Å². The lowest BCUT2D eigenvalue weighted by Crippen LogP contribution is -2.26. The van der Waals surface area contributed by atoms with Gasteiger partial charge in [0.2, 0.25) is 0 Å². The first-order valence-corrected chi connectivity index (χ1v) is 9.85. The van der Waals surface area contributed by atoms with E-state index in [2.05, 4.69) is 20.9 Å². The summed E-state index contributed by atoms with van der Waals surface area (Å²) in [4.78, 5) is 12.2. The summed E-state index contributed by atoms with van der Waals surface area (Å²) >= 11 is 6.46. The number of nitrogens with zero attached hydrogens (tertiary/aromatic N) is 3. The predicted octanol–water partition coefficient (Wildman–Crippen LogP) is 4.55. The second-order valence-corrected chi connectivity index (χ2v) is 7.07. The third kappa shape index (κ3) is 4.18. The fraction of sp³-hybridized carbons (Fsp3) is 0.0870. The highest BCUT2D eigenvalue weighted by atomic mass is 35.5. The number of hydrazone groups is 1. The van der Waals surface area contributed by atoms with Gasteiger partial charge in [-0.05, 0) is 30.5 Å². The molecule has 150 valence electrons. The summed E-state index contributed by atoms with van der Waals surface area (Å²) in [6.07, 6.45) is 1.51. The van der Waals surface area contributed by atoms with E-state index in [-0.39, 0.29) is 12.5 Å². The van der Waals surface area contributed by atoms with Crippen LogP contribution in [0.5, 0.6) is 0 Å². The largest absolute Gasteiger partial charge is 0.376 e. The van der Waals surface area contributed by atoms with E-state index in [0.717, 1.165) is 27.8 Å². The molecule has 0 saturated carbocycles. The topological polar surface area (TPSA) is 71.3 Å². The second kappa shape index (κ2) is 8.80. The highest BCUT2D eigenvalue weighted by Crippen LogP contribution is 2.23. The number of carbonyl (C=O) groups excluding carboxylic acids is 1. The van der Waals surface area contributed by atoms with Crippen molar-refractivity contribution in [2.24, 2.45) is 5.10 Å². The van der Waals surface area contributed by atoms with Gasteiger partial charge < -0.3 is 5.32 Å². The maximum atomic E-state index is 12.2. The fourth-order valence-electron chi connectivity index (χ4n) is 3.16. The maximum Gasteiger partial charge on any atom is 0.259 e. The lowest BCUT2D eigenvalue weighted by Gasteiger charge is -2.08. The van der Waals surface area contributed by atoms with Crippen LogP contribution in [0.4, 0.5) is 5.69 Å². The highest BCUT2D eigenvalue weighted by molar-refractivity contribution is 6.32. The standard InChI is InChI=1S/C23H20ClN5O/c1-16-20(23(24)29(28-16)18-10-3-2-4-11-18)14-26-27-22(30)15-25-21-13-7-9-17-8-5-6-12-19(17)21/h2-14,25H,15H2,1H3,(H,27,30)/b26-14+. The molecule has 2 N–H and O–H groups in total. The number of carbonyl (C=O) groups is 1. The summed E-state index contributed by atoms with van der Waals surface area (Å²) in [6, 6.07) is 23.5. The van der Waals surface area contributed by atoms with E-state index in [1.807, 2.05) is 79.7 Å². The van der Waals surface area contributed by atoms with Gasteiger partial charge >= 0.3 is 0 Å². The number of para-hydroxylation sites is 1. The Hall–Kier alpha value is -3.64. The van der Waals surface area contributed by atoms with E-state index in [1.165, 1.54) is 6.21 Å². The minimum Gasteiger partial charge on any atom is -0.376 e. The smallest absolute Gasteiger partial charge is 0.259 e. The molecular weight excluding hydrogens is 398 g/mol. The molecule has 7 heteroatoms. The second-order valence-electron chi connectivity index (χ2n) is 6.71. The number of aromatic nitrogens is 2. The molecule has 0 atom stereocenters. The lowest BCUT2D eigenvalue weighted by molar-refractivity contribution is -0.119. The number of rotatable bonds is 6. The van der Waals surface area contributed by atoms with Gasteiger partial charge in [-0.1, -0.05) is 66.2 Å². The molecule has 0 unspecified atom stereocenters. The molecule has 0 aliphatic rings. The van der Waals surface area contributed by atoms with Crippen LogP contribution in [-0.4, -0.2) is 28.4 Å². The van der Waals surface area contributed by atoms with E-state index in [9.17, 15) is 4.79 Å². The van der Waals surface area contributed by atoms with Crippen LogP contribution >= 0.6 is 11.6 Å². The van der Waals surface area contributed by atoms with Gasteiger partial charge in [-0.3, -0.25) is 4.79 Å². The number of anilines is 1. The van der Waals surface area contributed by atoms with Gasteiger partial charge in [-0.2, -0.15) is 10.2 Å². The van der Waals surface area contributed by atoms with Crippen LogP contribution in [0.3, 0.4) is 0 Å².